The summed E-state index contributed by atoms with van der Waals surface area (Å²) in [4.78, 5) is 0. The SMILES string of the molecule is CCCC=CC1OC(CCC)CCS1. The molecule has 0 aromatic carbocycles. The molecule has 1 fully saturated rings. The molecular formula is C12H22OS. The Kier molecular flexibility index (Phi) is 6.37. The molecule has 1 saturated heterocycles. The molecule has 0 aromatic rings. The molecule has 0 N–H and O–H groups in total. The fourth-order valence-electron chi connectivity index (χ4n) is 1.62. The predicted octanol–water partition coefficient (Wildman–Crippen LogP) is 3.99. The molecule has 0 saturated carbocycles. The normalized spacial score (nSPS) is 28.4. The lowest BCUT2D eigenvalue weighted by Crippen LogP contribution is -2.24. The van der Waals surface area contributed by atoms with Crippen LogP contribution < -0.4 is 0 Å². The number of allylic oxidation sites excluding steroid dienone is 1. The Labute approximate surface area is 92.3 Å². The summed E-state index contributed by atoms with van der Waals surface area (Å²) in [5, 5.41) is 0. The molecule has 1 aliphatic rings. The summed E-state index contributed by atoms with van der Waals surface area (Å²) in [6.07, 6.45) is 11.1. The maximum absolute atomic E-state index is 5.95. The average Bonchev–Trinajstić information content (AvgIpc) is 2.19. The number of ether oxygens (including phenoxy) is 1. The van der Waals surface area contributed by atoms with Crippen molar-refractivity contribution in [2.75, 3.05) is 5.75 Å². The van der Waals surface area contributed by atoms with Crippen LogP contribution in [-0.4, -0.2) is 17.3 Å². The monoisotopic (exact) mass is 214 g/mol. The molecule has 0 aliphatic carbocycles. The zero-order valence-corrected chi connectivity index (χ0v) is 10.2. The van der Waals surface area contributed by atoms with Gasteiger partial charge in [-0.15, -0.1) is 11.8 Å². The zero-order valence-electron chi connectivity index (χ0n) is 9.37. The Balaban J connectivity index is 2.25. The van der Waals surface area contributed by atoms with Gasteiger partial charge < -0.3 is 4.74 Å². The van der Waals surface area contributed by atoms with E-state index in [0.29, 0.717) is 11.5 Å². The minimum absolute atomic E-state index is 0.326. The van der Waals surface area contributed by atoms with Gasteiger partial charge in [0.25, 0.3) is 0 Å². The van der Waals surface area contributed by atoms with Gasteiger partial charge in [0, 0.05) is 0 Å². The molecule has 1 heterocycles. The lowest BCUT2D eigenvalue weighted by molar-refractivity contribution is 0.0409. The number of rotatable bonds is 5. The summed E-state index contributed by atoms with van der Waals surface area (Å²) >= 11 is 1.93. The van der Waals surface area contributed by atoms with Crippen LogP contribution in [0.3, 0.4) is 0 Å². The lowest BCUT2D eigenvalue weighted by atomic mass is 10.1. The second-order valence-corrected chi connectivity index (χ2v) is 5.00. The third-order valence-electron chi connectivity index (χ3n) is 2.41. The Morgan fingerprint density at radius 1 is 1.36 bits per heavy atom. The van der Waals surface area contributed by atoms with Crippen LogP contribution in [0.1, 0.15) is 46.0 Å². The average molecular weight is 214 g/mol. The maximum atomic E-state index is 5.95. The summed E-state index contributed by atoms with van der Waals surface area (Å²) in [6, 6.07) is 0. The summed E-state index contributed by atoms with van der Waals surface area (Å²) in [5.74, 6) is 1.26. The highest BCUT2D eigenvalue weighted by Crippen LogP contribution is 2.27. The van der Waals surface area contributed by atoms with Gasteiger partial charge in [-0.05, 0) is 31.1 Å². The zero-order chi connectivity index (χ0) is 10.2. The third-order valence-corrected chi connectivity index (χ3v) is 3.48. The molecule has 1 aliphatic heterocycles. The molecule has 0 aromatic heterocycles. The summed E-state index contributed by atoms with van der Waals surface area (Å²) < 4.78 is 5.95. The first kappa shape index (κ1) is 12.1. The second-order valence-electron chi connectivity index (χ2n) is 3.79. The van der Waals surface area contributed by atoms with Gasteiger partial charge in [-0.1, -0.05) is 32.8 Å². The minimum atomic E-state index is 0.326. The second kappa shape index (κ2) is 7.36. The van der Waals surface area contributed by atoms with Crippen LogP contribution in [0.15, 0.2) is 12.2 Å². The summed E-state index contributed by atoms with van der Waals surface area (Å²) in [6.45, 7) is 4.44. The first-order valence-electron chi connectivity index (χ1n) is 5.80. The van der Waals surface area contributed by atoms with E-state index in [-0.39, 0.29) is 0 Å². The van der Waals surface area contributed by atoms with Crippen molar-refractivity contribution in [2.24, 2.45) is 0 Å². The highest BCUT2D eigenvalue weighted by atomic mass is 32.2. The Morgan fingerprint density at radius 3 is 2.93 bits per heavy atom. The van der Waals surface area contributed by atoms with Gasteiger partial charge in [0.1, 0.15) is 5.44 Å². The largest absolute Gasteiger partial charge is 0.360 e. The van der Waals surface area contributed by atoms with Crippen LogP contribution >= 0.6 is 11.8 Å². The van der Waals surface area contributed by atoms with Crippen LogP contribution in [0.5, 0.6) is 0 Å². The van der Waals surface area contributed by atoms with Crippen molar-refractivity contribution in [1.82, 2.24) is 0 Å². The molecule has 0 amide bonds. The first-order chi connectivity index (χ1) is 6.86. The Morgan fingerprint density at radius 2 is 2.21 bits per heavy atom. The van der Waals surface area contributed by atoms with Crippen LogP contribution in [-0.2, 0) is 4.74 Å². The first-order valence-corrected chi connectivity index (χ1v) is 6.85. The predicted molar refractivity (Wildman–Crippen MR) is 64.7 cm³/mol. The van der Waals surface area contributed by atoms with Crippen molar-refractivity contribution in [3.63, 3.8) is 0 Å². The highest BCUT2D eigenvalue weighted by molar-refractivity contribution is 7.99. The summed E-state index contributed by atoms with van der Waals surface area (Å²) in [7, 11) is 0. The lowest BCUT2D eigenvalue weighted by Gasteiger charge is -2.27. The van der Waals surface area contributed by atoms with Gasteiger partial charge in [0.05, 0.1) is 6.10 Å². The molecule has 14 heavy (non-hydrogen) atoms. The molecule has 1 rings (SSSR count). The van der Waals surface area contributed by atoms with E-state index < -0.39 is 0 Å². The molecule has 0 bridgehead atoms. The molecular weight excluding hydrogens is 192 g/mol. The summed E-state index contributed by atoms with van der Waals surface area (Å²) in [5.41, 5.74) is 0.326. The number of thioether (sulfide) groups is 1. The van der Waals surface area contributed by atoms with Crippen molar-refractivity contribution < 1.29 is 4.74 Å². The van der Waals surface area contributed by atoms with Gasteiger partial charge in [0.2, 0.25) is 0 Å². The quantitative estimate of drug-likeness (QED) is 0.640. The van der Waals surface area contributed by atoms with E-state index in [2.05, 4.69) is 26.0 Å². The third kappa shape index (κ3) is 4.52. The van der Waals surface area contributed by atoms with E-state index in [1.165, 1.54) is 37.9 Å². The maximum Gasteiger partial charge on any atom is 0.121 e. The fourth-order valence-corrected chi connectivity index (χ4v) is 2.71. The van der Waals surface area contributed by atoms with E-state index in [1.54, 1.807) is 0 Å². The van der Waals surface area contributed by atoms with E-state index in [0.717, 1.165) is 0 Å². The van der Waals surface area contributed by atoms with Crippen molar-refractivity contribution >= 4 is 11.8 Å². The highest BCUT2D eigenvalue weighted by Gasteiger charge is 2.19. The van der Waals surface area contributed by atoms with E-state index in [4.69, 9.17) is 4.74 Å². The van der Waals surface area contributed by atoms with Gasteiger partial charge in [0.15, 0.2) is 0 Å². The molecule has 82 valence electrons. The van der Waals surface area contributed by atoms with E-state index in [9.17, 15) is 0 Å². The molecule has 2 unspecified atom stereocenters. The van der Waals surface area contributed by atoms with Crippen LogP contribution in [0, 0.1) is 0 Å². The number of unbranched alkanes of at least 4 members (excludes halogenated alkanes) is 1. The van der Waals surface area contributed by atoms with Gasteiger partial charge in [-0.3, -0.25) is 0 Å². The van der Waals surface area contributed by atoms with Gasteiger partial charge in [-0.2, -0.15) is 0 Å². The Bertz CT molecular complexity index is 166. The van der Waals surface area contributed by atoms with Gasteiger partial charge in [-0.25, -0.2) is 0 Å². The molecule has 2 heteroatoms. The molecule has 1 nitrogen and oxygen atoms in total. The molecule has 0 spiro atoms. The van der Waals surface area contributed by atoms with E-state index >= 15 is 0 Å². The molecule has 2 atom stereocenters. The Hall–Kier alpha value is 0.0500. The van der Waals surface area contributed by atoms with Crippen molar-refractivity contribution in [3.05, 3.63) is 12.2 Å². The topological polar surface area (TPSA) is 9.23 Å². The fraction of sp³-hybridized carbons (Fsp3) is 0.833. The van der Waals surface area contributed by atoms with E-state index in [1.807, 2.05) is 11.8 Å². The standard InChI is InChI=1S/C12H22OS/c1-3-5-6-8-12-13-11(7-4-2)9-10-14-12/h6,8,11-12H,3-5,7,9-10H2,1-2H3. The minimum Gasteiger partial charge on any atom is -0.360 e. The smallest absolute Gasteiger partial charge is 0.121 e. The van der Waals surface area contributed by atoms with Crippen molar-refractivity contribution in [2.45, 2.75) is 57.5 Å². The van der Waals surface area contributed by atoms with Crippen molar-refractivity contribution in [3.8, 4) is 0 Å². The van der Waals surface area contributed by atoms with Crippen LogP contribution in [0.2, 0.25) is 0 Å². The number of hydrogen-bond donors (Lipinski definition) is 0. The molecule has 0 radical (unpaired) electrons. The van der Waals surface area contributed by atoms with Crippen molar-refractivity contribution in [1.29, 1.82) is 0 Å². The van der Waals surface area contributed by atoms with Crippen LogP contribution in [0.25, 0.3) is 0 Å². The number of hydrogen-bond acceptors (Lipinski definition) is 2. The van der Waals surface area contributed by atoms with Gasteiger partial charge >= 0.3 is 0 Å². The van der Waals surface area contributed by atoms with Crippen LogP contribution in [0.4, 0.5) is 0 Å².